The Labute approximate surface area is 198 Å². The van der Waals surface area contributed by atoms with Crippen molar-refractivity contribution in [2.75, 3.05) is 13.1 Å². The lowest BCUT2D eigenvalue weighted by Gasteiger charge is -2.39. The Morgan fingerprint density at radius 3 is 2.32 bits per heavy atom. The van der Waals surface area contributed by atoms with Crippen LogP contribution in [0.3, 0.4) is 0 Å². The molecule has 6 heteroatoms. The molecule has 0 unspecified atom stereocenters. The lowest BCUT2D eigenvalue weighted by molar-refractivity contribution is -0.146. The molecule has 0 spiro atoms. The zero-order chi connectivity index (χ0) is 23.5. The Bertz CT molecular complexity index is 1240. The summed E-state index contributed by atoms with van der Waals surface area (Å²) in [6.45, 7) is 1.32. The van der Waals surface area contributed by atoms with Crippen molar-refractivity contribution in [3.05, 3.63) is 101 Å². The van der Waals surface area contributed by atoms with E-state index in [1.54, 1.807) is 28.0 Å². The molecule has 3 aromatic rings. The maximum absolute atomic E-state index is 13.6. The maximum atomic E-state index is 13.6. The number of hydrogen-bond acceptors (Lipinski definition) is 4. The molecule has 2 heterocycles. The van der Waals surface area contributed by atoms with Gasteiger partial charge in [-0.1, -0.05) is 60.7 Å². The van der Waals surface area contributed by atoms with Gasteiger partial charge in [0.25, 0.3) is 5.91 Å². The van der Waals surface area contributed by atoms with Crippen LogP contribution in [-0.2, 0) is 22.7 Å². The molecule has 1 fully saturated rings. The molecule has 0 bridgehead atoms. The predicted octanol–water partition coefficient (Wildman–Crippen LogP) is 4.35. The summed E-state index contributed by atoms with van der Waals surface area (Å²) in [7, 11) is 0. The second-order valence-corrected chi connectivity index (χ2v) is 8.58. The average Bonchev–Trinajstić information content (AvgIpc) is 2.87. The fourth-order valence-corrected chi connectivity index (χ4v) is 4.55. The number of ether oxygens (including phenoxy) is 1. The van der Waals surface area contributed by atoms with Gasteiger partial charge in [-0.3, -0.25) is 9.59 Å². The van der Waals surface area contributed by atoms with E-state index < -0.39 is 0 Å². The van der Waals surface area contributed by atoms with E-state index in [-0.39, 0.29) is 24.1 Å². The van der Waals surface area contributed by atoms with Crippen molar-refractivity contribution >= 4 is 17.4 Å². The van der Waals surface area contributed by atoms with Gasteiger partial charge in [-0.25, -0.2) is 0 Å². The van der Waals surface area contributed by atoms with Gasteiger partial charge in [0.15, 0.2) is 0 Å². The maximum Gasteiger partial charge on any atom is 0.271 e. The molecule has 2 amide bonds. The standard InChI is InChI=1S/C28H26N2O4/c31-25-14-13-22(34-19-21-10-5-2-6-11-21)16-24(25)23-12-7-15-30-26(32)18-29(28(33)27(23)30)17-20-8-3-1-4-9-20/h1-6,8-11,13-14,16,31H,7,12,15,17-19H2. The highest BCUT2D eigenvalue weighted by atomic mass is 16.5. The average molecular weight is 455 g/mol. The number of phenols is 1. The predicted molar refractivity (Wildman–Crippen MR) is 129 cm³/mol. The molecule has 0 aliphatic carbocycles. The van der Waals surface area contributed by atoms with Crippen LogP contribution < -0.4 is 4.74 Å². The Morgan fingerprint density at radius 1 is 0.882 bits per heavy atom. The normalized spacial score (nSPS) is 16.0. The topological polar surface area (TPSA) is 70.1 Å². The number of phenolic OH excluding ortho intramolecular Hbond substituents is 1. The van der Waals surface area contributed by atoms with Crippen molar-refractivity contribution in [2.45, 2.75) is 26.0 Å². The van der Waals surface area contributed by atoms with Crippen LogP contribution in [0.1, 0.15) is 29.5 Å². The Balaban J connectivity index is 1.47. The van der Waals surface area contributed by atoms with Crippen LogP contribution in [0.5, 0.6) is 11.5 Å². The van der Waals surface area contributed by atoms with Crippen LogP contribution in [0, 0.1) is 0 Å². The first-order chi connectivity index (χ1) is 16.6. The van der Waals surface area contributed by atoms with E-state index in [0.717, 1.165) is 17.5 Å². The van der Waals surface area contributed by atoms with Crippen LogP contribution in [0.25, 0.3) is 5.57 Å². The van der Waals surface area contributed by atoms with E-state index >= 15 is 0 Å². The van der Waals surface area contributed by atoms with Gasteiger partial charge in [0.05, 0.1) is 0 Å². The molecular weight excluding hydrogens is 428 g/mol. The lowest BCUT2D eigenvalue weighted by Crippen LogP contribution is -2.53. The van der Waals surface area contributed by atoms with Gasteiger partial charge in [-0.05, 0) is 47.7 Å². The van der Waals surface area contributed by atoms with E-state index in [4.69, 9.17) is 4.74 Å². The molecule has 1 N–H and O–H groups in total. The minimum Gasteiger partial charge on any atom is -0.507 e. The van der Waals surface area contributed by atoms with Gasteiger partial charge in [0.1, 0.15) is 30.3 Å². The largest absolute Gasteiger partial charge is 0.507 e. The summed E-state index contributed by atoms with van der Waals surface area (Å²) in [5.41, 5.74) is 3.59. The molecule has 172 valence electrons. The van der Waals surface area contributed by atoms with Crippen molar-refractivity contribution in [1.29, 1.82) is 0 Å². The van der Waals surface area contributed by atoms with E-state index in [9.17, 15) is 14.7 Å². The fraction of sp³-hybridized carbons (Fsp3) is 0.214. The Morgan fingerprint density at radius 2 is 1.59 bits per heavy atom. The van der Waals surface area contributed by atoms with Gasteiger partial charge in [-0.15, -0.1) is 0 Å². The van der Waals surface area contributed by atoms with Crippen LogP contribution in [0.15, 0.2) is 84.6 Å². The highest BCUT2D eigenvalue weighted by Crippen LogP contribution is 2.39. The number of aromatic hydroxyl groups is 1. The minimum atomic E-state index is -0.187. The molecule has 0 atom stereocenters. The highest BCUT2D eigenvalue weighted by molar-refractivity contribution is 6.09. The van der Waals surface area contributed by atoms with E-state index in [2.05, 4.69) is 0 Å². The summed E-state index contributed by atoms with van der Waals surface area (Å²) in [5.74, 6) is 0.376. The van der Waals surface area contributed by atoms with Crippen molar-refractivity contribution in [3.63, 3.8) is 0 Å². The van der Waals surface area contributed by atoms with Crippen LogP contribution in [0.2, 0.25) is 0 Å². The SMILES string of the molecule is O=C1C2=C(c3cc(OCc4ccccc4)ccc3O)CCCN2C(=O)CN1Cc1ccccc1. The molecule has 1 saturated heterocycles. The molecule has 2 aliphatic heterocycles. The van der Waals surface area contributed by atoms with E-state index in [1.807, 2.05) is 60.7 Å². The zero-order valence-corrected chi connectivity index (χ0v) is 18.8. The molecule has 6 nitrogen and oxygen atoms in total. The Kier molecular flexibility index (Phi) is 6.04. The van der Waals surface area contributed by atoms with Gasteiger partial charge in [-0.2, -0.15) is 0 Å². The molecule has 0 radical (unpaired) electrons. The molecule has 34 heavy (non-hydrogen) atoms. The van der Waals surface area contributed by atoms with Crippen molar-refractivity contribution in [2.24, 2.45) is 0 Å². The minimum absolute atomic E-state index is 0.0523. The molecule has 0 saturated carbocycles. The first kappa shape index (κ1) is 21.8. The summed E-state index contributed by atoms with van der Waals surface area (Å²) < 4.78 is 5.95. The second kappa shape index (κ2) is 9.43. The highest BCUT2D eigenvalue weighted by Gasteiger charge is 2.39. The third-order valence-electron chi connectivity index (χ3n) is 6.24. The first-order valence-corrected chi connectivity index (χ1v) is 11.5. The summed E-state index contributed by atoms with van der Waals surface area (Å²) in [4.78, 5) is 29.7. The monoisotopic (exact) mass is 454 g/mol. The second-order valence-electron chi connectivity index (χ2n) is 8.58. The van der Waals surface area contributed by atoms with Gasteiger partial charge >= 0.3 is 0 Å². The van der Waals surface area contributed by atoms with Gasteiger partial charge in [0, 0.05) is 18.7 Å². The number of carbonyl (C=O) groups is 2. The summed E-state index contributed by atoms with van der Waals surface area (Å²) >= 11 is 0. The number of piperazine rings is 1. The molecular formula is C28H26N2O4. The van der Waals surface area contributed by atoms with Crippen LogP contribution in [-0.4, -0.2) is 39.8 Å². The summed E-state index contributed by atoms with van der Waals surface area (Å²) in [5, 5.41) is 10.7. The number of hydrogen-bond donors (Lipinski definition) is 1. The van der Waals surface area contributed by atoms with E-state index in [1.165, 1.54) is 0 Å². The zero-order valence-electron chi connectivity index (χ0n) is 18.8. The summed E-state index contributed by atoms with van der Waals surface area (Å²) in [6.07, 6.45) is 1.32. The summed E-state index contributed by atoms with van der Waals surface area (Å²) in [6, 6.07) is 24.5. The first-order valence-electron chi connectivity index (χ1n) is 11.5. The van der Waals surface area contributed by atoms with Crippen molar-refractivity contribution in [1.82, 2.24) is 9.80 Å². The van der Waals surface area contributed by atoms with E-state index in [0.29, 0.717) is 48.7 Å². The smallest absolute Gasteiger partial charge is 0.271 e. The van der Waals surface area contributed by atoms with Crippen molar-refractivity contribution in [3.8, 4) is 11.5 Å². The number of amides is 2. The number of carbonyl (C=O) groups excluding carboxylic acids is 2. The van der Waals surface area contributed by atoms with Crippen LogP contribution >= 0.6 is 0 Å². The molecule has 3 aromatic carbocycles. The van der Waals surface area contributed by atoms with Gasteiger partial charge in [0.2, 0.25) is 5.91 Å². The Hall–Kier alpha value is -4.06. The third-order valence-corrected chi connectivity index (χ3v) is 6.24. The van der Waals surface area contributed by atoms with Crippen molar-refractivity contribution < 1.29 is 19.4 Å². The molecule has 5 rings (SSSR count). The quantitative estimate of drug-likeness (QED) is 0.601. The molecule has 2 aliphatic rings. The van der Waals surface area contributed by atoms with Crippen LogP contribution in [0.4, 0.5) is 0 Å². The number of rotatable bonds is 6. The number of allylic oxidation sites excluding steroid dienone is 1. The number of benzene rings is 3. The van der Waals surface area contributed by atoms with Gasteiger partial charge < -0.3 is 19.6 Å². The number of fused-ring (bicyclic) bond motifs is 1. The fourth-order valence-electron chi connectivity index (χ4n) is 4.55. The molecule has 0 aromatic heterocycles. The number of nitrogens with zero attached hydrogens (tertiary/aromatic N) is 2. The third kappa shape index (κ3) is 4.39. The lowest BCUT2D eigenvalue weighted by atomic mass is 9.92.